The summed E-state index contributed by atoms with van der Waals surface area (Å²) in [5, 5.41) is 2.93. The van der Waals surface area contributed by atoms with Gasteiger partial charge in [-0.25, -0.2) is 4.79 Å². The molecular formula is C17H14BrNO3. The van der Waals surface area contributed by atoms with Gasteiger partial charge in [-0.15, -0.1) is 0 Å². The molecule has 0 spiro atoms. The predicted octanol–water partition coefficient (Wildman–Crippen LogP) is 4.04. The first kappa shape index (κ1) is 16.0. The zero-order chi connectivity index (χ0) is 15.9. The van der Waals surface area contributed by atoms with Gasteiger partial charge in [0.2, 0.25) is 0 Å². The molecule has 22 heavy (non-hydrogen) atoms. The molecule has 0 saturated carbocycles. The molecular weight excluding hydrogens is 346 g/mol. The summed E-state index contributed by atoms with van der Waals surface area (Å²) in [5.41, 5.74) is 1.57. The van der Waals surface area contributed by atoms with E-state index in [9.17, 15) is 9.59 Å². The van der Waals surface area contributed by atoms with Gasteiger partial charge >= 0.3 is 5.97 Å². The number of esters is 1. The summed E-state index contributed by atoms with van der Waals surface area (Å²) in [7, 11) is 1.33. The molecule has 0 aliphatic rings. The number of rotatable bonds is 5. The number of nitrogens with one attached hydrogen (secondary N) is 1. The van der Waals surface area contributed by atoms with E-state index in [1.807, 2.05) is 0 Å². The maximum atomic E-state index is 12.0. The summed E-state index contributed by atoms with van der Waals surface area (Å²) in [6.07, 6.45) is 2.92. The highest BCUT2D eigenvalue weighted by Gasteiger charge is 2.09. The van der Waals surface area contributed by atoms with Crippen molar-refractivity contribution in [3.8, 4) is 0 Å². The average molecular weight is 360 g/mol. The lowest BCUT2D eigenvalue weighted by Gasteiger charge is -2.06. The minimum absolute atomic E-state index is 0.129. The van der Waals surface area contributed by atoms with Crippen molar-refractivity contribution in [2.24, 2.45) is 0 Å². The van der Waals surface area contributed by atoms with Crippen LogP contribution in [0.25, 0.3) is 0 Å². The zero-order valence-corrected chi connectivity index (χ0v) is 13.5. The molecule has 0 radical (unpaired) electrons. The Balaban J connectivity index is 2.08. The second-order valence-electron chi connectivity index (χ2n) is 4.39. The summed E-state index contributed by atoms with van der Waals surface area (Å²) in [5.74, 6) is -0.564. The van der Waals surface area contributed by atoms with Crippen LogP contribution in [0, 0.1) is 0 Å². The highest BCUT2D eigenvalue weighted by Crippen LogP contribution is 2.16. The van der Waals surface area contributed by atoms with Crippen LogP contribution in [-0.2, 0) is 4.74 Å². The molecule has 5 heteroatoms. The van der Waals surface area contributed by atoms with Crippen LogP contribution in [0.5, 0.6) is 0 Å². The quantitative estimate of drug-likeness (QED) is 0.497. The SMILES string of the molecule is COC(=O)c1ccccc1NC=CC(=O)c1ccc(Br)cc1. The number of halogens is 1. The largest absolute Gasteiger partial charge is 0.465 e. The summed E-state index contributed by atoms with van der Waals surface area (Å²) in [4.78, 5) is 23.6. The van der Waals surface area contributed by atoms with Crippen molar-refractivity contribution in [2.45, 2.75) is 0 Å². The van der Waals surface area contributed by atoms with Crippen LogP contribution in [-0.4, -0.2) is 18.9 Å². The van der Waals surface area contributed by atoms with E-state index in [1.54, 1.807) is 48.5 Å². The number of hydrogen-bond acceptors (Lipinski definition) is 4. The Bertz CT molecular complexity index is 708. The van der Waals surface area contributed by atoms with Gasteiger partial charge in [-0.05, 0) is 36.4 Å². The van der Waals surface area contributed by atoms with Crippen molar-refractivity contribution in [3.63, 3.8) is 0 Å². The summed E-state index contributed by atoms with van der Waals surface area (Å²) >= 11 is 3.32. The van der Waals surface area contributed by atoms with Crippen LogP contribution in [0.2, 0.25) is 0 Å². The molecule has 112 valence electrons. The minimum Gasteiger partial charge on any atom is -0.465 e. The van der Waals surface area contributed by atoms with Crippen LogP contribution >= 0.6 is 15.9 Å². The fourth-order valence-corrected chi connectivity index (χ4v) is 2.08. The third-order valence-corrected chi connectivity index (χ3v) is 3.46. The number of allylic oxidation sites excluding steroid dienone is 1. The number of para-hydroxylation sites is 1. The van der Waals surface area contributed by atoms with Crippen LogP contribution < -0.4 is 5.32 Å². The molecule has 0 unspecified atom stereocenters. The summed E-state index contributed by atoms with van der Waals surface area (Å²) < 4.78 is 5.63. The van der Waals surface area contributed by atoms with E-state index >= 15 is 0 Å². The predicted molar refractivity (Wildman–Crippen MR) is 89.0 cm³/mol. The van der Waals surface area contributed by atoms with Gasteiger partial charge < -0.3 is 10.1 Å². The number of anilines is 1. The molecule has 4 nitrogen and oxygen atoms in total. The Kier molecular flexibility index (Phi) is 5.49. The van der Waals surface area contributed by atoms with Gasteiger partial charge in [0.15, 0.2) is 5.78 Å². The minimum atomic E-state index is -0.435. The third-order valence-electron chi connectivity index (χ3n) is 2.93. The fraction of sp³-hybridized carbons (Fsp3) is 0.0588. The molecule has 0 bridgehead atoms. The third kappa shape index (κ3) is 4.05. The van der Waals surface area contributed by atoms with Crippen LogP contribution in [0.4, 0.5) is 5.69 Å². The normalized spacial score (nSPS) is 10.5. The van der Waals surface area contributed by atoms with Gasteiger partial charge in [0.25, 0.3) is 0 Å². The molecule has 2 aromatic rings. The van der Waals surface area contributed by atoms with Crippen LogP contribution in [0.1, 0.15) is 20.7 Å². The first-order chi connectivity index (χ1) is 10.6. The summed E-state index contributed by atoms with van der Waals surface area (Å²) in [6, 6.07) is 14.0. The Labute approximate surface area is 136 Å². The maximum absolute atomic E-state index is 12.0. The van der Waals surface area contributed by atoms with E-state index in [1.165, 1.54) is 19.4 Å². The lowest BCUT2D eigenvalue weighted by atomic mass is 10.1. The van der Waals surface area contributed by atoms with Crippen LogP contribution in [0.3, 0.4) is 0 Å². The number of ether oxygens (including phenoxy) is 1. The number of carbonyl (C=O) groups is 2. The van der Waals surface area contributed by atoms with E-state index < -0.39 is 5.97 Å². The van der Waals surface area contributed by atoms with Gasteiger partial charge in [-0.3, -0.25) is 4.79 Å². The van der Waals surface area contributed by atoms with E-state index in [0.717, 1.165) is 4.47 Å². The lowest BCUT2D eigenvalue weighted by molar-refractivity contribution is 0.0602. The van der Waals surface area contributed by atoms with Crippen molar-refractivity contribution in [2.75, 3.05) is 12.4 Å². The molecule has 2 rings (SSSR count). The van der Waals surface area contributed by atoms with Gasteiger partial charge in [0.1, 0.15) is 0 Å². The van der Waals surface area contributed by atoms with Crippen LogP contribution in [0.15, 0.2) is 65.3 Å². The average Bonchev–Trinajstić information content (AvgIpc) is 2.55. The van der Waals surface area contributed by atoms with E-state index in [-0.39, 0.29) is 5.78 Å². The Morgan fingerprint density at radius 2 is 1.77 bits per heavy atom. The Hall–Kier alpha value is -2.40. The van der Waals surface area contributed by atoms with Crippen molar-refractivity contribution in [1.29, 1.82) is 0 Å². The lowest BCUT2D eigenvalue weighted by Crippen LogP contribution is -2.05. The standard InChI is InChI=1S/C17H14BrNO3/c1-22-17(21)14-4-2-3-5-15(14)19-11-10-16(20)12-6-8-13(18)9-7-12/h2-11,19H,1H3. The fourth-order valence-electron chi connectivity index (χ4n) is 1.81. The first-order valence-electron chi connectivity index (χ1n) is 6.52. The number of hydrogen-bond donors (Lipinski definition) is 1. The van der Waals surface area contributed by atoms with Crippen molar-refractivity contribution >= 4 is 33.4 Å². The molecule has 0 amide bonds. The highest BCUT2D eigenvalue weighted by atomic mass is 79.9. The monoisotopic (exact) mass is 359 g/mol. The van der Waals surface area contributed by atoms with Gasteiger partial charge in [0, 0.05) is 22.3 Å². The van der Waals surface area contributed by atoms with Gasteiger partial charge in [0.05, 0.1) is 18.4 Å². The topological polar surface area (TPSA) is 55.4 Å². The molecule has 1 N–H and O–H groups in total. The van der Waals surface area contributed by atoms with E-state index in [2.05, 4.69) is 21.2 Å². The molecule has 0 aliphatic carbocycles. The van der Waals surface area contributed by atoms with Crippen molar-refractivity contribution < 1.29 is 14.3 Å². The van der Waals surface area contributed by atoms with Gasteiger partial charge in [-0.1, -0.05) is 28.1 Å². The number of benzene rings is 2. The second-order valence-corrected chi connectivity index (χ2v) is 5.30. The second kappa shape index (κ2) is 7.56. The molecule has 0 fully saturated rings. The smallest absolute Gasteiger partial charge is 0.339 e. The Morgan fingerprint density at radius 1 is 1.09 bits per heavy atom. The highest BCUT2D eigenvalue weighted by molar-refractivity contribution is 9.10. The zero-order valence-electron chi connectivity index (χ0n) is 11.9. The van der Waals surface area contributed by atoms with E-state index in [4.69, 9.17) is 4.74 Å². The number of carbonyl (C=O) groups excluding carboxylic acids is 2. The number of ketones is 1. The summed E-state index contributed by atoms with van der Waals surface area (Å²) in [6.45, 7) is 0. The molecule has 0 heterocycles. The molecule has 0 atom stereocenters. The molecule has 0 saturated heterocycles. The molecule has 0 aromatic heterocycles. The van der Waals surface area contributed by atoms with Gasteiger partial charge in [-0.2, -0.15) is 0 Å². The number of methoxy groups -OCH3 is 1. The first-order valence-corrected chi connectivity index (χ1v) is 7.31. The molecule has 2 aromatic carbocycles. The maximum Gasteiger partial charge on any atom is 0.339 e. The van der Waals surface area contributed by atoms with E-state index in [0.29, 0.717) is 16.8 Å². The Morgan fingerprint density at radius 3 is 2.45 bits per heavy atom. The van der Waals surface area contributed by atoms with Crippen molar-refractivity contribution in [1.82, 2.24) is 0 Å². The molecule has 0 aliphatic heterocycles. The van der Waals surface area contributed by atoms with Crippen molar-refractivity contribution in [3.05, 3.63) is 76.4 Å².